The van der Waals surface area contributed by atoms with Gasteiger partial charge in [0.05, 0.1) is 6.42 Å². The van der Waals surface area contributed by atoms with E-state index >= 15 is 0 Å². The Morgan fingerprint density at radius 1 is 1.47 bits per heavy atom. The fraction of sp³-hybridized carbons (Fsp3) is 0.273. The van der Waals surface area contributed by atoms with E-state index in [0.29, 0.717) is 29.7 Å². The van der Waals surface area contributed by atoms with E-state index in [1.54, 1.807) is 0 Å². The number of nitrogens with one attached hydrogen (secondary N) is 1. The lowest BCUT2D eigenvalue weighted by Gasteiger charge is -2.06. The van der Waals surface area contributed by atoms with E-state index in [-0.39, 0.29) is 18.1 Å². The number of anilines is 1. The van der Waals surface area contributed by atoms with Gasteiger partial charge in [-0.2, -0.15) is 0 Å². The fourth-order valence-electron chi connectivity index (χ4n) is 1.79. The van der Waals surface area contributed by atoms with Crippen LogP contribution in [0.15, 0.2) is 12.1 Å². The van der Waals surface area contributed by atoms with E-state index in [1.165, 1.54) is 12.1 Å². The van der Waals surface area contributed by atoms with Crippen LogP contribution in [0, 0.1) is 5.82 Å². The van der Waals surface area contributed by atoms with Crippen molar-refractivity contribution in [1.29, 1.82) is 0 Å². The van der Waals surface area contributed by atoms with Crippen LogP contribution in [0.5, 0.6) is 0 Å². The summed E-state index contributed by atoms with van der Waals surface area (Å²) in [4.78, 5) is 21.4. The van der Waals surface area contributed by atoms with Crippen LogP contribution in [0.25, 0.3) is 0 Å². The molecule has 1 aliphatic heterocycles. The van der Waals surface area contributed by atoms with Crippen molar-refractivity contribution in [1.82, 2.24) is 0 Å². The number of amides is 1. The molecule has 1 aromatic rings. The second-order valence-corrected chi connectivity index (χ2v) is 3.53. The highest BCUT2D eigenvalue weighted by molar-refractivity contribution is 6.00. The summed E-state index contributed by atoms with van der Waals surface area (Å²) >= 11 is 0. The number of fused-ring (bicyclic) bond motifs is 1. The van der Waals surface area contributed by atoms with Crippen molar-refractivity contribution in [2.24, 2.45) is 0 Å². The van der Waals surface area contributed by atoms with Gasteiger partial charge in [0.15, 0.2) is 0 Å². The molecule has 0 fully saturated rings. The van der Waals surface area contributed by atoms with Crippen LogP contribution in [0.2, 0.25) is 0 Å². The van der Waals surface area contributed by atoms with E-state index in [4.69, 9.17) is 0 Å². The van der Waals surface area contributed by atoms with E-state index in [0.717, 1.165) is 6.29 Å². The van der Waals surface area contributed by atoms with Gasteiger partial charge in [-0.1, -0.05) is 0 Å². The Labute approximate surface area is 86.3 Å². The molecule has 15 heavy (non-hydrogen) atoms. The first-order valence-corrected chi connectivity index (χ1v) is 4.75. The highest BCUT2D eigenvalue weighted by atomic mass is 19.1. The van der Waals surface area contributed by atoms with Crippen LogP contribution in [-0.2, 0) is 22.4 Å². The Hall–Kier alpha value is -1.71. The van der Waals surface area contributed by atoms with Gasteiger partial charge in [-0.3, -0.25) is 4.79 Å². The molecule has 1 amide bonds. The minimum absolute atomic E-state index is 0.122. The minimum atomic E-state index is -0.355. The summed E-state index contributed by atoms with van der Waals surface area (Å²) in [7, 11) is 0. The smallest absolute Gasteiger partial charge is 0.228 e. The summed E-state index contributed by atoms with van der Waals surface area (Å²) in [6.07, 6.45) is 1.81. The molecule has 3 nitrogen and oxygen atoms in total. The summed E-state index contributed by atoms with van der Waals surface area (Å²) in [6, 6.07) is 2.73. The maximum absolute atomic E-state index is 13.1. The van der Waals surface area contributed by atoms with Gasteiger partial charge in [0, 0.05) is 12.1 Å². The van der Waals surface area contributed by atoms with Crippen molar-refractivity contribution in [3.8, 4) is 0 Å². The summed E-state index contributed by atoms with van der Waals surface area (Å²) in [5.41, 5.74) is 2.06. The Balaban J connectivity index is 2.37. The number of carbonyl (C=O) groups excluding carboxylic acids is 2. The normalized spacial score (nSPS) is 13.5. The lowest BCUT2D eigenvalue weighted by atomic mass is 10.0. The molecule has 1 heterocycles. The van der Waals surface area contributed by atoms with Crippen molar-refractivity contribution in [2.45, 2.75) is 19.3 Å². The first kappa shape index (κ1) is 9.83. The molecule has 4 heteroatoms. The van der Waals surface area contributed by atoms with Gasteiger partial charge in [0.1, 0.15) is 12.1 Å². The second-order valence-electron chi connectivity index (χ2n) is 3.53. The molecule has 0 bridgehead atoms. The number of halogens is 1. The van der Waals surface area contributed by atoms with Gasteiger partial charge in [-0.05, 0) is 29.7 Å². The number of aryl methyl sites for hydroxylation is 1. The van der Waals surface area contributed by atoms with Crippen LogP contribution < -0.4 is 5.32 Å². The second kappa shape index (κ2) is 3.81. The van der Waals surface area contributed by atoms with Crippen molar-refractivity contribution in [3.63, 3.8) is 0 Å². The van der Waals surface area contributed by atoms with Gasteiger partial charge in [0.2, 0.25) is 5.91 Å². The Morgan fingerprint density at radius 2 is 2.27 bits per heavy atom. The molecule has 2 rings (SSSR count). The van der Waals surface area contributed by atoms with Crippen LogP contribution in [-0.4, -0.2) is 12.2 Å². The third-order valence-electron chi connectivity index (χ3n) is 2.41. The monoisotopic (exact) mass is 207 g/mol. The summed E-state index contributed by atoms with van der Waals surface area (Å²) in [5.74, 6) is -0.478. The van der Waals surface area contributed by atoms with Gasteiger partial charge in [0.25, 0.3) is 0 Å². The topological polar surface area (TPSA) is 46.2 Å². The Morgan fingerprint density at radius 3 is 3.00 bits per heavy atom. The van der Waals surface area contributed by atoms with Crippen LogP contribution in [0.1, 0.15) is 17.5 Å². The van der Waals surface area contributed by atoms with Crippen molar-refractivity contribution in [3.05, 3.63) is 29.1 Å². The minimum Gasteiger partial charge on any atom is -0.325 e. The molecule has 0 saturated carbocycles. The standard InChI is InChI=1S/C11H10FNO2/c12-9-4-7(2-1-3-14)11-8(5-9)6-10(15)13-11/h3-5H,1-2,6H2,(H,13,15). The highest BCUT2D eigenvalue weighted by Crippen LogP contribution is 2.29. The predicted octanol–water partition coefficient (Wildman–Crippen LogP) is 1.45. The van der Waals surface area contributed by atoms with Gasteiger partial charge in [-0.15, -0.1) is 0 Å². The van der Waals surface area contributed by atoms with E-state index in [1.807, 2.05) is 0 Å². The molecule has 0 radical (unpaired) electrons. The molecule has 1 aromatic carbocycles. The van der Waals surface area contributed by atoms with Crippen LogP contribution >= 0.6 is 0 Å². The number of rotatable bonds is 3. The predicted molar refractivity (Wildman–Crippen MR) is 53.1 cm³/mol. The molecule has 0 saturated heterocycles. The van der Waals surface area contributed by atoms with Gasteiger partial charge in [-0.25, -0.2) is 4.39 Å². The largest absolute Gasteiger partial charge is 0.325 e. The zero-order valence-corrected chi connectivity index (χ0v) is 8.05. The number of benzene rings is 1. The number of aldehydes is 1. The summed E-state index contributed by atoms with van der Waals surface area (Å²) in [6.45, 7) is 0. The first-order valence-electron chi connectivity index (χ1n) is 4.75. The van der Waals surface area contributed by atoms with Crippen molar-refractivity contribution < 1.29 is 14.0 Å². The Bertz CT molecular complexity index is 429. The molecule has 0 unspecified atom stereocenters. The SMILES string of the molecule is O=CCCc1cc(F)cc2c1NC(=O)C2. The van der Waals surface area contributed by atoms with E-state index < -0.39 is 0 Å². The van der Waals surface area contributed by atoms with E-state index in [9.17, 15) is 14.0 Å². The molecule has 0 atom stereocenters. The third kappa shape index (κ3) is 1.88. The molecule has 1 N–H and O–H groups in total. The molecule has 0 aliphatic carbocycles. The molecular weight excluding hydrogens is 197 g/mol. The zero-order chi connectivity index (χ0) is 10.8. The van der Waals surface area contributed by atoms with Gasteiger partial charge < -0.3 is 10.1 Å². The third-order valence-corrected chi connectivity index (χ3v) is 2.41. The maximum atomic E-state index is 13.1. The number of carbonyl (C=O) groups is 2. The average molecular weight is 207 g/mol. The molecule has 1 aliphatic rings. The number of hydrogen-bond donors (Lipinski definition) is 1. The van der Waals surface area contributed by atoms with E-state index in [2.05, 4.69) is 5.32 Å². The lowest BCUT2D eigenvalue weighted by Crippen LogP contribution is -2.05. The lowest BCUT2D eigenvalue weighted by molar-refractivity contribution is -0.115. The summed E-state index contributed by atoms with van der Waals surface area (Å²) < 4.78 is 13.1. The molecule has 0 spiro atoms. The molecular formula is C11H10FNO2. The van der Waals surface area contributed by atoms with Crippen molar-refractivity contribution >= 4 is 17.9 Å². The zero-order valence-electron chi connectivity index (χ0n) is 8.05. The van der Waals surface area contributed by atoms with Gasteiger partial charge >= 0.3 is 0 Å². The maximum Gasteiger partial charge on any atom is 0.228 e. The molecule has 78 valence electrons. The fourth-order valence-corrected chi connectivity index (χ4v) is 1.79. The highest BCUT2D eigenvalue weighted by Gasteiger charge is 2.21. The Kier molecular flexibility index (Phi) is 2.49. The van der Waals surface area contributed by atoms with Crippen molar-refractivity contribution in [2.75, 3.05) is 5.32 Å². The first-order chi connectivity index (χ1) is 7.20. The summed E-state index contributed by atoms with van der Waals surface area (Å²) in [5, 5.41) is 2.68. The average Bonchev–Trinajstić information content (AvgIpc) is 2.54. The molecule has 0 aromatic heterocycles. The van der Waals surface area contributed by atoms with Crippen LogP contribution in [0.4, 0.5) is 10.1 Å². The number of hydrogen-bond acceptors (Lipinski definition) is 2. The van der Waals surface area contributed by atoms with Crippen LogP contribution in [0.3, 0.4) is 0 Å². The quantitative estimate of drug-likeness (QED) is 0.762.